The lowest BCUT2D eigenvalue weighted by Crippen LogP contribution is -2.29. The van der Waals surface area contributed by atoms with E-state index in [9.17, 15) is 14.7 Å². The molecule has 1 amide bonds. The number of aryl methyl sites for hydroxylation is 2. The van der Waals surface area contributed by atoms with Crippen molar-refractivity contribution in [1.82, 2.24) is 19.6 Å². The summed E-state index contributed by atoms with van der Waals surface area (Å²) in [4.78, 5) is 33.2. The third kappa shape index (κ3) is 5.05. The van der Waals surface area contributed by atoms with Gasteiger partial charge in [-0.1, -0.05) is 71.1 Å². The minimum Gasteiger partial charge on any atom is -0.505 e. The lowest BCUT2D eigenvalue weighted by Gasteiger charge is -2.23. The van der Waals surface area contributed by atoms with Gasteiger partial charge in [-0.3, -0.25) is 18.9 Å². The molecule has 42 heavy (non-hydrogen) atoms. The maximum atomic E-state index is 13.7. The van der Waals surface area contributed by atoms with Crippen molar-refractivity contribution in [1.29, 1.82) is 0 Å². The van der Waals surface area contributed by atoms with Gasteiger partial charge < -0.3 is 9.84 Å². The first-order valence-electron chi connectivity index (χ1n) is 13.4. The van der Waals surface area contributed by atoms with Crippen LogP contribution in [0, 0.1) is 13.8 Å². The fourth-order valence-corrected chi connectivity index (χ4v) is 6.82. The Bertz CT molecular complexity index is 1840. The quantitative estimate of drug-likeness (QED) is 0.0749. The van der Waals surface area contributed by atoms with E-state index in [1.807, 2.05) is 32.0 Å². The summed E-state index contributed by atoms with van der Waals surface area (Å²) in [5.41, 5.74) is 4.35. The summed E-state index contributed by atoms with van der Waals surface area (Å²) in [6, 6.07) is 19.9. The molecule has 1 aliphatic heterocycles. The van der Waals surface area contributed by atoms with Crippen LogP contribution in [0.15, 0.2) is 82.8 Å². The van der Waals surface area contributed by atoms with Gasteiger partial charge in [-0.25, -0.2) is 4.98 Å². The number of hydrogen-bond acceptors (Lipinski definition) is 9. The Morgan fingerprint density at radius 2 is 1.86 bits per heavy atom. The zero-order chi connectivity index (χ0) is 29.4. The molecule has 9 nitrogen and oxygen atoms in total. The molecule has 5 aromatic rings. The van der Waals surface area contributed by atoms with Crippen LogP contribution in [-0.2, 0) is 15.3 Å². The van der Waals surface area contributed by atoms with Gasteiger partial charge in [-0.2, -0.15) is 0 Å². The molecule has 2 aromatic carbocycles. The Kier molecular flexibility index (Phi) is 7.53. The molecule has 1 N–H and O–H groups in total. The van der Waals surface area contributed by atoms with Crippen LogP contribution in [0.1, 0.15) is 41.0 Å². The predicted octanol–water partition coefficient (Wildman–Crippen LogP) is 6.12. The number of thioether (sulfide) groups is 1. The minimum absolute atomic E-state index is 0.0496. The molecule has 1 atom stereocenters. The van der Waals surface area contributed by atoms with Crippen molar-refractivity contribution in [3.05, 3.63) is 107 Å². The lowest BCUT2D eigenvalue weighted by molar-refractivity contribution is -0.132. The number of carbonyl (C=O) groups excluding carboxylic acids is 2. The number of anilines is 1. The number of ketones is 1. The topological polar surface area (TPSA) is 110 Å². The zero-order valence-electron chi connectivity index (χ0n) is 23.1. The minimum atomic E-state index is -0.957. The van der Waals surface area contributed by atoms with Crippen LogP contribution in [-0.4, -0.2) is 43.0 Å². The Morgan fingerprint density at radius 1 is 1.05 bits per heavy atom. The molecule has 0 spiro atoms. The van der Waals surface area contributed by atoms with Gasteiger partial charge in [0.1, 0.15) is 17.1 Å². The molecule has 0 aliphatic carbocycles. The molecule has 1 fully saturated rings. The van der Waals surface area contributed by atoms with E-state index in [4.69, 9.17) is 4.74 Å². The second-order valence-corrected chi connectivity index (χ2v) is 12.0. The van der Waals surface area contributed by atoms with Crippen molar-refractivity contribution in [2.24, 2.45) is 0 Å². The van der Waals surface area contributed by atoms with E-state index in [0.29, 0.717) is 45.0 Å². The molecule has 0 saturated carbocycles. The van der Waals surface area contributed by atoms with E-state index in [-0.39, 0.29) is 16.5 Å². The van der Waals surface area contributed by atoms with E-state index >= 15 is 0 Å². The molecule has 1 unspecified atom stereocenters. The maximum Gasteiger partial charge on any atom is 0.301 e. The van der Waals surface area contributed by atoms with Gasteiger partial charge in [0.05, 0.1) is 23.9 Å². The van der Waals surface area contributed by atoms with E-state index in [0.717, 1.165) is 5.56 Å². The number of pyridine rings is 1. The Labute approximate surface area is 250 Å². The molecule has 3 aromatic heterocycles. The van der Waals surface area contributed by atoms with Crippen molar-refractivity contribution >= 4 is 51.3 Å². The summed E-state index contributed by atoms with van der Waals surface area (Å²) in [6.07, 6.45) is 1.76. The summed E-state index contributed by atoms with van der Waals surface area (Å²) in [6.45, 7) is 6.12. The standard InChI is InChI=1S/C31H27N5O4S2/c1-4-40-22-9-7-8-21(16-22)26-24(27(37)25-19(3)32-23-10-5-6-15-35(23)25)28(38)29(39)36(26)30-33-34-31(42-30)41-17-20-13-11-18(2)12-14-20/h5-16,26,37H,4,17H2,1-3H3. The fraction of sp³-hybridized carbons (Fsp3) is 0.194. The lowest BCUT2D eigenvalue weighted by atomic mass is 9.96. The average molecular weight is 598 g/mol. The van der Waals surface area contributed by atoms with Crippen molar-refractivity contribution in [3.8, 4) is 5.75 Å². The van der Waals surface area contributed by atoms with Crippen molar-refractivity contribution in [3.63, 3.8) is 0 Å². The van der Waals surface area contributed by atoms with Crippen LogP contribution in [0.5, 0.6) is 5.75 Å². The fourth-order valence-electron chi connectivity index (χ4n) is 5.00. The summed E-state index contributed by atoms with van der Waals surface area (Å²) < 4.78 is 8.09. The Morgan fingerprint density at radius 3 is 2.64 bits per heavy atom. The van der Waals surface area contributed by atoms with Gasteiger partial charge in [-0.05, 0) is 56.2 Å². The van der Waals surface area contributed by atoms with Crippen LogP contribution in [0.2, 0.25) is 0 Å². The molecule has 4 heterocycles. The third-order valence-electron chi connectivity index (χ3n) is 6.94. The normalized spacial score (nSPS) is 16.5. The highest BCUT2D eigenvalue weighted by atomic mass is 32.2. The zero-order valence-corrected chi connectivity index (χ0v) is 24.8. The van der Waals surface area contributed by atoms with Gasteiger partial charge in [-0.15, -0.1) is 10.2 Å². The number of nitrogens with zero attached hydrogens (tertiary/aromatic N) is 5. The smallest absolute Gasteiger partial charge is 0.301 e. The van der Waals surface area contributed by atoms with Crippen molar-refractivity contribution in [2.75, 3.05) is 11.5 Å². The number of benzene rings is 2. The molecular formula is C31H27N5O4S2. The van der Waals surface area contributed by atoms with E-state index < -0.39 is 17.7 Å². The molecule has 212 valence electrons. The summed E-state index contributed by atoms with van der Waals surface area (Å²) in [5.74, 6) is -0.647. The monoisotopic (exact) mass is 597 g/mol. The number of aromatic nitrogens is 4. The summed E-state index contributed by atoms with van der Waals surface area (Å²) >= 11 is 2.73. The first-order chi connectivity index (χ1) is 20.4. The second-order valence-electron chi connectivity index (χ2n) is 9.77. The van der Waals surface area contributed by atoms with Gasteiger partial charge >= 0.3 is 5.91 Å². The number of imidazole rings is 1. The summed E-state index contributed by atoms with van der Waals surface area (Å²) in [7, 11) is 0. The third-order valence-corrected chi connectivity index (χ3v) is 9.07. The molecule has 6 rings (SSSR count). The first kappa shape index (κ1) is 27.7. The van der Waals surface area contributed by atoms with Crippen LogP contribution in [0.4, 0.5) is 5.13 Å². The number of aliphatic hydroxyl groups excluding tert-OH is 1. The first-order valence-corrected chi connectivity index (χ1v) is 15.2. The molecule has 1 saturated heterocycles. The SMILES string of the molecule is CCOc1cccc(C2C(=C(O)c3c(C)nc4ccccn34)C(=O)C(=O)N2c2nnc(SCc3ccc(C)cc3)s2)c1. The van der Waals surface area contributed by atoms with E-state index in [1.54, 1.807) is 41.8 Å². The number of aliphatic hydroxyl groups is 1. The van der Waals surface area contributed by atoms with Crippen LogP contribution < -0.4 is 9.64 Å². The molecule has 0 radical (unpaired) electrons. The van der Waals surface area contributed by atoms with E-state index in [2.05, 4.69) is 39.4 Å². The van der Waals surface area contributed by atoms with Gasteiger partial charge in [0, 0.05) is 11.9 Å². The predicted molar refractivity (Wildman–Crippen MR) is 163 cm³/mol. The number of fused-ring (bicyclic) bond motifs is 1. The summed E-state index contributed by atoms with van der Waals surface area (Å²) in [5, 5.41) is 20.6. The molecule has 11 heteroatoms. The van der Waals surface area contributed by atoms with Crippen LogP contribution >= 0.6 is 23.1 Å². The van der Waals surface area contributed by atoms with Crippen molar-refractivity contribution < 1.29 is 19.4 Å². The van der Waals surface area contributed by atoms with Crippen molar-refractivity contribution in [2.45, 2.75) is 36.9 Å². The van der Waals surface area contributed by atoms with Crippen LogP contribution in [0.3, 0.4) is 0 Å². The van der Waals surface area contributed by atoms with Gasteiger partial charge in [0.25, 0.3) is 5.78 Å². The number of hydrogen-bond donors (Lipinski definition) is 1. The maximum absolute atomic E-state index is 13.7. The van der Waals surface area contributed by atoms with Crippen LogP contribution in [0.25, 0.3) is 11.4 Å². The number of Topliss-reactive ketones (excluding diaryl/α,β-unsaturated/α-hetero) is 1. The van der Waals surface area contributed by atoms with Gasteiger partial charge in [0.15, 0.2) is 10.1 Å². The number of carbonyl (C=O) groups is 2. The highest BCUT2D eigenvalue weighted by Crippen LogP contribution is 2.45. The highest BCUT2D eigenvalue weighted by molar-refractivity contribution is 8.00. The molecular weight excluding hydrogens is 571 g/mol. The highest BCUT2D eigenvalue weighted by Gasteiger charge is 2.49. The largest absolute Gasteiger partial charge is 0.505 e. The number of amides is 1. The number of ether oxygens (including phenoxy) is 1. The second kappa shape index (κ2) is 11.4. The Hall–Kier alpha value is -4.48. The average Bonchev–Trinajstić information content (AvgIpc) is 3.66. The number of rotatable bonds is 8. The molecule has 1 aliphatic rings. The van der Waals surface area contributed by atoms with E-state index in [1.165, 1.54) is 33.6 Å². The molecule has 0 bridgehead atoms. The Balaban J connectivity index is 1.44. The van der Waals surface area contributed by atoms with Gasteiger partial charge in [0.2, 0.25) is 5.13 Å².